The van der Waals surface area contributed by atoms with Crippen molar-refractivity contribution in [1.82, 2.24) is 10.2 Å². The number of hydrogen-bond donors (Lipinski definition) is 1. The Hall–Kier alpha value is -0.740. The second-order valence-electron chi connectivity index (χ2n) is 4.53. The molecule has 0 saturated carbocycles. The number of rotatable bonds is 0. The first kappa shape index (κ1) is 10.4. The van der Waals surface area contributed by atoms with Gasteiger partial charge in [-0.25, -0.2) is 0 Å². The molecule has 0 bridgehead atoms. The summed E-state index contributed by atoms with van der Waals surface area (Å²) in [6.07, 6.45) is 8.51. The molecule has 16 heavy (non-hydrogen) atoms. The van der Waals surface area contributed by atoms with Gasteiger partial charge in [0.25, 0.3) is 0 Å². The molecule has 3 heterocycles. The molecular formula is C12H15BrN2O. The molecule has 0 aromatic heterocycles. The quantitative estimate of drug-likeness (QED) is 0.739. The van der Waals surface area contributed by atoms with Crippen LogP contribution in [-0.4, -0.2) is 23.8 Å². The lowest BCUT2D eigenvalue weighted by atomic mass is 9.98. The van der Waals surface area contributed by atoms with Crippen molar-refractivity contribution in [1.29, 1.82) is 0 Å². The van der Waals surface area contributed by atoms with Gasteiger partial charge in [0.2, 0.25) is 0 Å². The van der Waals surface area contributed by atoms with Crippen LogP contribution in [0.3, 0.4) is 0 Å². The van der Waals surface area contributed by atoms with E-state index in [2.05, 4.69) is 51.5 Å². The highest BCUT2D eigenvalue weighted by Crippen LogP contribution is 2.39. The number of hydrogen-bond acceptors (Lipinski definition) is 3. The van der Waals surface area contributed by atoms with Gasteiger partial charge < -0.3 is 15.0 Å². The molecule has 1 saturated heterocycles. The van der Waals surface area contributed by atoms with Crippen LogP contribution < -0.4 is 5.32 Å². The topological polar surface area (TPSA) is 24.5 Å². The molecule has 3 nitrogen and oxygen atoms in total. The SMILES string of the molecule is CC1=CC(Br)=CN2C1=CNC21CCOCC1. The molecule has 0 amide bonds. The van der Waals surface area contributed by atoms with Gasteiger partial charge in [-0.1, -0.05) is 0 Å². The number of nitrogens with zero attached hydrogens (tertiary/aromatic N) is 1. The molecule has 0 radical (unpaired) electrons. The summed E-state index contributed by atoms with van der Waals surface area (Å²) in [5.74, 6) is 0. The summed E-state index contributed by atoms with van der Waals surface area (Å²) >= 11 is 3.57. The molecule has 1 spiro atoms. The molecule has 4 heteroatoms. The maximum Gasteiger partial charge on any atom is 0.118 e. The molecule has 0 aromatic carbocycles. The van der Waals surface area contributed by atoms with Crippen LogP contribution in [0.25, 0.3) is 0 Å². The number of nitrogens with one attached hydrogen (secondary N) is 1. The molecule has 1 fully saturated rings. The maximum absolute atomic E-state index is 5.45. The van der Waals surface area contributed by atoms with Gasteiger partial charge in [-0.15, -0.1) is 0 Å². The number of allylic oxidation sites excluding steroid dienone is 3. The van der Waals surface area contributed by atoms with Gasteiger partial charge >= 0.3 is 0 Å². The first-order chi connectivity index (χ1) is 7.71. The number of halogens is 1. The lowest BCUT2D eigenvalue weighted by Gasteiger charge is -2.43. The minimum atomic E-state index is 0.0438. The van der Waals surface area contributed by atoms with Crippen LogP contribution in [0.1, 0.15) is 19.8 Å². The van der Waals surface area contributed by atoms with E-state index < -0.39 is 0 Å². The van der Waals surface area contributed by atoms with Crippen LogP contribution in [0.15, 0.2) is 34.2 Å². The van der Waals surface area contributed by atoms with Crippen LogP contribution in [0.5, 0.6) is 0 Å². The van der Waals surface area contributed by atoms with Crippen LogP contribution in [0.2, 0.25) is 0 Å². The van der Waals surface area contributed by atoms with Crippen LogP contribution >= 0.6 is 15.9 Å². The van der Waals surface area contributed by atoms with E-state index in [1.807, 2.05) is 0 Å². The van der Waals surface area contributed by atoms with Crippen molar-refractivity contribution in [3.05, 3.63) is 34.2 Å². The van der Waals surface area contributed by atoms with Gasteiger partial charge in [0.05, 0.1) is 18.9 Å². The van der Waals surface area contributed by atoms with Crippen LogP contribution in [0, 0.1) is 0 Å². The summed E-state index contributed by atoms with van der Waals surface area (Å²) < 4.78 is 6.59. The third-order valence-electron chi connectivity index (χ3n) is 3.53. The van der Waals surface area contributed by atoms with Gasteiger partial charge in [-0.3, -0.25) is 0 Å². The van der Waals surface area contributed by atoms with Gasteiger partial charge in [0.15, 0.2) is 0 Å². The summed E-state index contributed by atoms with van der Waals surface area (Å²) in [7, 11) is 0. The van der Waals surface area contributed by atoms with Crippen molar-refractivity contribution < 1.29 is 4.74 Å². The Bertz CT molecular complexity index is 405. The summed E-state index contributed by atoms with van der Waals surface area (Å²) in [6, 6.07) is 0. The second-order valence-corrected chi connectivity index (χ2v) is 5.44. The molecule has 0 aliphatic carbocycles. The summed E-state index contributed by atoms with van der Waals surface area (Å²) in [6.45, 7) is 3.81. The smallest absolute Gasteiger partial charge is 0.118 e. The number of ether oxygens (including phenoxy) is 1. The lowest BCUT2D eigenvalue weighted by Crippen LogP contribution is -2.54. The van der Waals surface area contributed by atoms with E-state index in [0.717, 1.165) is 30.5 Å². The van der Waals surface area contributed by atoms with E-state index in [9.17, 15) is 0 Å². The predicted molar refractivity (Wildman–Crippen MR) is 66.6 cm³/mol. The molecule has 3 aliphatic rings. The second kappa shape index (κ2) is 3.64. The normalized spacial score (nSPS) is 26.9. The first-order valence-electron chi connectivity index (χ1n) is 5.62. The third-order valence-corrected chi connectivity index (χ3v) is 3.96. The van der Waals surface area contributed by atoms with Crippen LogP contribution in [-0.2, 0) is 4.74 Å². The van der Waals surface area contributed by atoms with Gasteiger partial charge in [-0.2, -0.15) is 0 Å². The highest BCUT2D eigenvalue weighted by molar-refractivity contribution is 9.11. The van der Waals surface area contributed by atoms with E-state index in [1.54, 1.807) is 0 Å². The summed E-state index contributed by atoms with van der Waals surface area (Å²) in [4.78, 5) is 2.36. The largest absolute Gasteiger partial charge is 0.381 e. The van der Waals surface area contributed by atoms with Crippen molar-refractivity contribution in [3.63, 3.8) is 0 Å². The Kier molecular flexibility index (Phi) is 2.37. The average molecular weight is 283 g/mol. The fourth-order valence-corrected chi connectivity index (χ4v) is 3.15. The zero-order valence-electron chi connectivity index (χ0n) is 9.29. The van der Waals surface area contributed by atoms with Crippen molar-refractivity contribution >= 4 is 15.9 Å². The maximum atomic E-state index is 5.45. The zero-order valence-corrected chi connectivity index (χ0v) is 10.9. The van der Waals surface area contributed by atoms with E-state index in [1.165, 1.54) is 11.3 Å². The van der Waals surface area contributed by atoms with Crippen LogP contribution in [0.4, 0.5) is 0 Å². The van der Waals surface area contributed by atoms with Gasteiger partial charge in [0, 0.05) is 29.7 Å². The average Bonchev–Trinajstić information content (AvgIpc) is 2.59. The van der Waals surface area contributed by atoms with Crippen molar-refractivity contribution in [2.24, 2.45) is 0 Å². The van der Waals surface area contributed by atoms with E-state index in [4.69, 9.17) is 4.74 Å². The Morgan fingerprint density at radius 2 is 2.19 bits per heavy atom. The fourth-order valence-electron chi connectivity index (χ4n) is 2.60. The molecule has 1 N–H and O–H groups in total. The molecule has 3 aliphatic heterocycles. The highest BCUT2D eigenvalue weighted by Gasteiger charge is 2.43. The molecule has 0 aromatic rings. The monoisotopic (exact) mass is 282 g/mol. The van der Waals surface area contributed by atoms with Gasteiger partial charge in [-0.05, 0) is 34.5 Å². The number of fused-ring (bicyclic) bond motifs is 2. The molecule has 0 atom stereocenters. The summed E-state index contributed by atoms with van der Waals surface area (Å²) in [5.41, 5.74) is 2.62. The molecule has 3 rings (SSSR count). The van der Waals surface area contributed by atoms with E-state index in [0.29, 0.717) is 0 Å². The minimum Gasteiger partial charge on any atom is -0.381 e. The first-order valence-corrected chi connectivity index (χ1v) is 6.42. The Morgan fingerprint density at radius 1 is 1.44 bits per heavy atom. The Labute approximate surface area is 104 Å². The van der Waals surface area contributed by atoms with Crippen molar-refractivity contribution in [2.75, 3.05) is 13.2 Å². The van der Waals surface area contributed by atoms with Crippen molar-refractivity contribution in [3.8, 4) is 0 Å². The highest BCUT2D eigenvalue weighted by atomic mass is 79.9. The predicted octanol–water partition coefficient (Wildman–Crippen LogP) is 2.44. The Balaban J connectivity index is 1.96. The van der Waals surface area contributed by atoms with E-state index in [-0.39, 0.29) is 5.66 Å². The van der Waals surface area contributed by atoms with Gasteiger partial charge in [0.1, 0.15) is 5.66 Å². The van der Waals surface area contributed by atoms with E-state index >= 15 is 0 Å². The molecule has 86 valence electrons. The standard InChI is InChI=1S/C12H15BrN2O/c1-9-6-10(13)8-15-11(9)7-14-12(15)2-4-16-5-3-12/h6-8,14H,2-5H2,1H3. The van der Waals surface area contributed by atoms with Crippen molar-refractivity contribution in [2.45, 2.75) is 25.4 Å². The lowest BCUT2D eigenvalue weighted by molar-refractivity contribution is 0.00146. The zero-order chi connectivity index (χ0) is 11.2. The Morgan fingerprint density at radius 3 is 2.94 bits per heavy atom. The summed E-state index contributed by atoms with van der Waals surface area (Å²) in [5, 5.41) is 3.54. The third kappa shape index (κ3) is 1.44. The fraction of sp³-hybridized carbons (Fsp3) is 0.500. The minimum absolute atomic E-state index is 0.0438. The molecule has 0 unspecified atom stereocenters. The molecular weight excluding hydrogens is 268 g/mol.